The molecule has 54 valence electrons. The minimum absolute atomic E-state index is 0.171. The normalized spacial score (nSPS) is 23.3. The van der Waals surface area contributed by atoms with Gasteiger partial charge in [-0.1, -0.05) is 5.92 Å². The lowest BCUT2D eigenvalue weighted by atomic mass is 10.2. The number of cyclic esters (lactones) is 1. The summed E-state index contributed by atoms with van der Waals surface area (Å²) in [7, 11) is 0. The number of carbonyl (C=O) groups excluding carboxylic acids is 1. The van der Waals surface area contributed by atoms with E-state index in [2.05, 4.69) is 5.92 Å². The molecule has 0 saturated carbocycles. The van der Waals surface area contributed by atoms with Crippen molar-refractivity contribution in [2.24, 2.45) is 0 Å². The summed E-state index contributed by atoms with van der Waals surface area (Å²) in [5.41, 5.74) is 0. The van der Waals surface area contributed by atoms with Crippen molar-refractivity contribution in [2.45, 2.75) is 25.4 Å². The monoisotopic (exact) mass is 142 g/mol. The van der Waals surface area contributed by atoms with Crippen LogP contribution >= 0.6 is 0 Å². The predicted molar refractivity (Wildman–Crippen MR) is 32.6 cm³/mol. The van der Waals surface area contributed by atoms with E-state index in [-0.39, 0.29) is 12.1 Å². The summed E-state index contributed by atoms with van der Waals surface area (Å²) >= 11 is 0. The van der Waals surface area contributed by atoms with Gasteiger partial charge in [0.25, 0.3) is 0 Å². The Labute approximate surface area is 58.4 Å². The summed E-state index contributed by atoms with van der Waals surface area (Å²) in [6.07, 6.45) is 2.54. The highest BCUT2D eigenvalue weighted by Crippen LogP contribution is 2.15. The van der Waals surface area contributed by atoms with Gasteiger partial charge in [0.05, 0.1) is 0 Å². The first-order valence-corrected chi connectivity index (χ1v) is 3.11. The molecule has 0 spiro atoms. The molecule has 0 N–H and O–H groups in total. The number of rotatable bonds is 1. The Morgan fingerprint density at radius 3 is 3.10 bits per heavy atom. The average Bonchev–Trinajstić information content (AvgIpc) is 2.31. The van der Waals surface area contributed by atoms with Gasteiger partial charge in [0.1, 0.15) is 12.3 Å². The van der Waals surface area contributed by atoms with Crippen LogP contribution in [0.15, 0.2) is 0 Å². The largest absolute Gasteiger partial charge is 0.461 e. The minimum Gasteiger partial charge on any atom is -0.461 e. The fourth-order valence-electron chi connectivity index (χ4n) is 0.879. The predicted octanol–water partition coefficient (Wildman–Crippen LogP) is 1.01. The van der Waals surface area contributed by atoms with Crippen molar-refractivity contribution in [3.05, 3.63) is 0 Å². The molecule has 1 aliphatic heterocycles. The minimum atomic E-state index is -0.203. The highest BCUT2D eigenvalue weighted by Gasteiger charge is 2.21. The molecule has 0 aromatic heterocycles. The highest BCUT2D eigenvalue weighted by atomic mass is 19.1. The molecule has 1 aliphatic rings. The van der Waals surface area contributed by atoms with Crippen LogP contribution in [0.2, 0.25) is 0 Å². The lowest BCUT2D eigenvalue weighted by molar-refractivity contribution is -0.141. The van der Waals surface area contributed by atoms with E-state index in [0.29, 0.717) is 19.3 Å². The number of hydrogen-bond donors (Lipinski definition) is 0. The Hall–Kier alpha value is -1.04. The molecule has 10 heavy (non-hydrogen) atoms. The summed E-state index contributed by atoms with van der Waals surface area (Å²) in [5, 5.41) is 0. The van der Waals surface area contributed by atoms with E-state index in [1.54, 1.807) is 0 Å². The Morgan fingerprint density at radius 1 is 1.80 bits per heavy atom. The average molecular weight is 142 g/mol. The zero-order valence-corrected chi connectivity index (χ0v) is 5.39. The molecule has 1 atom stereocenters. The Kier molecular flexibility index (Phi) is 2.27. The molecule has 1 rings (SSSR count). The molecule has 3 heteroatoms. The SMILES string of the molecule is O=C1CCC(CC#CF)O1. The van der Waals surface area contributed by atoms with E-state index >= 15 is 0 Å². The number of hydrogen-bond acceptors (Lipinski definition) is 2. The summed E-state index contributed by atoms with van der Waals surface area (Å²) in [4.78, 5) is 10.5. The molecule has 1 fully saturated rings. The summed E-state index contributed by atoms with van der Waals surface area (Å²) < 4.78 is 16.0. The zero-order chi connectivity index (χ0) is 7.40. The van der Waals surface area contributed by atoms with Crippen LogP contribution in [0.5, 0.6) is 0 Å². The van der Waals surface area contributed by atoms with Crippen LogP contribution < -0.4 is 0 Å². The quantitative estimate of drug-likeness (QED) is 0.403. The molecule has 0 aliphatic carbocycles. The standard InChI is InChI=1S/C7H7FO2/c8-5-1-2-6-3-4-7(9)10-6/h6H,2-4H2. The van der Waals surface area contributed by atoms with E-state index < -0.39 is 0 Å². The van der Waals surface area contributed by atoms with Crippen molar-refractivity contribution >= 4 is 5.97 Å². The molecule has 1 heterocycles. The molecule has 0 bridgehead atoms. The van der Waals surface area contributed by atoms with E-state index in [9.17, 15) is 9.18 Å². The summed E-state index contributed by atoms with van der Waals surface area (Å²) in [5.74, 6) is 2.01. The maximum Gasteiger partial charge on any atom is 0.306 e. The zero-order valence-electron chi connectivity index (χ0n) is 5.39. The van der Waals surface area contributed by atoms with E-state index in [1.165, 1.54) is 6.17 Å². The van der Waals surface area contributed by atoms with Gasteiger partial charge in [0.2, 0.25) is 0 Å². The first-order chi connectivity index (χ1) is 4.83. The van der Waals surface area contributed by atoms with Crippen LogP contribution in [0.25, 0.3) is 0 Å². The van der Waals surface area contributed by atoms with Gasteiger partial charge in [-0.25, -0.2) is 0 Å². The molecule has 1 saturated heterocycles. The third-order valence-corrected chi connectivity index (χ3v) is 1.37. The van der Waals surface area contributed by atoms with Gasteiger partial charge in [-0.2, -0.15) is 0 Å². The second-order valence-corrected chi connectivity index (χ2v) is 2.13. The van der Waals surface area contributed by atoms with Gasteiger partial charge in [-0.05, 0) is 6.42 Å². The van der Waals surface area contributed by atoms with Gasteiger partial charge in [0, 0.05) is 12.8 Å². The summed E-state index contributed by atoms with van der Waals surface area (Å²) in [6.45, 7) is 0. The van der Waals surface area contributed by atoms with Crippen LogP contribution in [0, 0.1) is 12.1 Å². The second-order valence-electron chi connectivity index (χ2n) is 2.13. The number of carbonyl (C=O) groups is 1. The van der Waals surface area contributed by atoms with Crippen LogP contribution in [-0.4, -0.2) is 12.1 Å². The van der Waals surface area contributed by atoms with Crippen LogP contribution in [0.1, 0.15) is 19.3 Å². The van der Waals surface area contributed by atoms with Crippen LogP contribution in [0.3, 0.4) is 0 Å². The van der Waals surface area contributed by atoms with Crippen molar-refractivity contribution < 1.29 is 13.9 Å². The number of halogens is 1. The fraction of sp³-hybridized carbons (Fsp3) is 0.571. The van der Waals surface area contributed by atoms with Crippen LogP contribution in [-0.2, 0) is 9.53 Å². The van der Waals surface area contributed by atoms with Crippen molar-refractivity contribution in [2.75, 3.05) is 0 Å². The lowest BCUT2D eigenvalue weighted by Crippen LogP contribution is -2.04. The van der Waals surface area contributed by atoms with Crippen molar-refractivity contribution in [3.8, 4) is 12.1 Å². The molecule has 0 amide bonds. The maximum absolute atomic E-state index is 11.2. The van der Waals surface area contributed by atoms with Crippen LogP contribution in [0.4, 0.5) is 4.39 Å². The first-order valence-electron chi connectivity index (χ1n) is 3.11. The van der Waals surface area contributed by atoms with E-state index in [1.807, 2.05) is 0 Å². The van der Waals surface area contributed by atoms with Crippen molar-refractivity contribution in [1.29, 1.82) is 0 Å². The summed E-state index contributed by atoms with van der Waals surface area (Å²) in [6, 6.07) is 0. The third-order valence-electron chi connectivity index (χ3n) is 1.37. The number of esters is 1. The molecular weight excluding hydrogens is 135 g/mol. The topological polar surface area (TPSA) is 26.3 Å². The van der Waals surface area contributed by atoms with Crippen molar-refractivity contribution in [3.63, 3.8) is 0 Å². The molecule has 0 radical (unpaired) electrons. The Bertz CT molecular complexity index is 190. The maximum atomic E-state index is 11.2. The van der Waals surface area contributed by atoms with Gasteiger partial charge < -0.3 is 4.74 Å². The van der Waals surface area contributed by atoms with Gasteiger partial charge in [0.15, 0.2) is 0 Å². The van der Waals surface area contributed by atoms with E-state index in [4.69, 9.17) is 4.74 Å². The van der Waals surface area contributed by atoms with Crippen molar-refractivity contribution in [1.82, 2.24) is 0 Å². The fourth-order valence-corrected chi connectivity index (χ4v) is 0.879. The Balaban J connectivity index is 2.29. The lowest BCUT2D eigenvalue weighted by Gasteiger charge is -2.01. The van der Waals surface area contributed by atoms with Gasteiger partial charge in [-0.3, -0.25) is 4.79 Å². The molecule has 0 aromatic rings. The third kappa shape index (κ3) is 1.73. The highest BCUT2D eigenvalue weighted by molar-refractivity contribution is 5.71. The molecule has 2 nitrogen and oxygen atoms in total. The van der Waals surface area contributed by atoms with Gasteiger partial charge in [-0.15, -0.1) is 4.39 Å². The van der Waals surface area contributed by atoms with E-state index in [0.717, 1.165) is 0 Å². The first kappa shape index (κ1) is 7.07. The molecular formula is C7H7FO2. The number of ether oxygens (including phenoxy) is 1. The molecule has 1 unspecified atom stereocenters. The Morgan fingerprint density at radius 2 is 2.60 bits per heavy atom. The second kappa shape index (κ2) is 3.21. The van der Waals surface area contributed by atoms with Gasteiger partial charge >= 0.3 is 5.97 Å². The molecule has 0 aromatic carbocycles. The smallest absolute Gasteiger partial charge is 0.306 e.